The minimum absolute atomic E-state index is 0.00953. The van der Waals surface area contributed by atoms with Crippen LogP contribution in [-0.4, -0.2) is 4.98 Å². The highest BCUT2D eigenvalue weighted by Gasteiger charge is 2.34. The molecule has 144 valence electrons. The van der Waals surface area contributed by atoms with E-state index in [2.05, 4.69) is 116 Å². The monoisotopic (exact) mass is 451 g/mol. The van der Waals surface area contributed by atoms with Crippen LogP contribution in [0.15, 0.2) is 102 Å². The van der Waals surface area contributed by atoms with Crippen LogP contribution in [0.5, 0.6) is 0 Å². The van der Waals surface area contributed by atoms with Gasteiger partial charge in [0, 0.05) is 33.3 Å². The predicted octanol–water partition coefficient (Wildman–Crippen LogP) is 7.41. The van der Waals surface area contributed by atoms with Crippen molar-refractivity contribution in [2.24, 2.45) is 0 Å². The van der Waals surface area contributed by atoms with Crippen molar-refractivity contribution in [2.75, 3.05) is 10.2 Å². The first kappa shape index (κ1) is 17.5. The Morgan fingerprint density at radius 2 is 1.43 bits per heavy atom. The molecular formula is C26H18BrN3. The van der Waals surface area contributed by atoms with Crippen LogP contribution in [0.2, 0.25) is 0 Å². The molecule has 0 saturated carbocycles. The Kier molecular flexibility index (Phi) is 3.99. The molecule has 1 N–H and O–H groups in total. The number of halogens is 1. The van der Waals surface area contributed by atoms with E-state index in [9.17, 15) is 0 Å². The molecule has 1 aliphatic heterocycles. The lowest BCUT2D eigenvalue weighted by Crippen LogP contribution is -2.23. The van der Waals surface area contributed by atoms with E-state index in [1.807, 2.05) is 12.4 Å². The predicted molar refractivity (Wildman–Crippen MR) is 128 cm³/mol. The molecule has 3 nitrogen and oxygen atoms in total. The Morgan fingerprint density at radius 3 is 2.23 bits per heavy atom. The number of hydrogen-bond donors (Lipinski definition) is 1. The molecule has 4 heteroatoms. The lowest BCUT2D eigenvalue weighted by atomic mass is 9.99. The van der Waals surface area contributed by atoms with E-state index < -0.39 is 0 Å². The van der Waals surface area contributed by atoms with Crippen molar-refractivity contribution in [3.05, 3.63) is 107 Å². The maximum absolute atomic E-state index is 4.47. The van der Waals surface area contributed by atoms with Crippen LogP contribution in [0.4, 0.5) is 17.1 Å². The average molecular weight is 452 g/mol. The summed E-state index contributed by atoms with van der Waals surface area (Å²) in [6, 6.07) is 29.8. The van der Waals surface area contributed by atoms with Gasteiger partial charge < -0.3 is 10.2 Å². The van der Waals surface area contributed by atoms with Crippen molar-refractivity contribution in [2.45, 2.75) is 6.17 Å². The van der Waals surface area contributed by atoms with Gasteiger partial charge in [-0.2, -0.15) is 0 Å². The van der Waals surface area contributed by atoms with Crippen LogP contribution in [-0.2, 0) is 0 Å². The summed E-state index contributed by atoms with van der Waals surface area (Å²) in [4.78, 5) is 6.87. The highest BCUT2D eigenvalue weighted by molar-refractivity contribution is 9.10. The number of hydrogen-bond acceptors (Lipinski definition) is 3. The zero-order valence-electron chi connectivity index (χ0n) is 16.1. The highest BCUT2D eigenvalue weighted by Crippen LogP contribution is 2.52. The molecule has 1 unspecified atom stereocenters. The number of benzene rings is 4. The molecule has 5 aromatic rings. The van der Waals surface area contributed by atoms with Crippen LogP contribution >= 0.6 is 15.9 Å². The molecule has 4 aromatic carbocycles. The van der Waals surface area contributed by atoms with Crippen LogP contribution in [0.3, 0.4) is 0 Å². The van der Waals surface area contributed by atoms with Crippen LogP contribution in [0, 0.1) is 0 Å². The Bertz CT molecular complexity index is 1380. The normalized spacial score (nSPS) is 15.4. The quantitative estimate of drug-likeness (QED) is 0.283. The number of fused-ring (bicyclic) bond motifs is 6. The molecule has 0 spiro atoms. The summed E-state index contributed by atoms with van der Waals surface area (Å²) in [5, 5.41) is 8.68. The van der Waals surface area contributed by atoms with Gasteiger partial charge in [0.05, 0.1) is 11.4 Å². The van der Waals surface area contributed by atoms with E-state index in [1.54, 1.807) is 0 Å². The minimum Gasteiger partial charge on any atom is -0.359 e. The largest absolute Gasteiger partial charge is 0.359 e. The molecular weight excluding hydrogens is 434 g/mol. The van der Waals surface area contributed by atoms with Gasteiger partial charge in [-0.3, -0.25) is 4.98 Å². The second kappa shape index (κ2) is 6.85. The molecule has 0 fully saturated rings. The first-order valence-corrected chi connectivity index (χ1v) is 10.8. The fourth-order valence-corrected chi connectivity index (χ4v) is 4.75. The minimum atomic E-state index is -0.00953. The lowest BCUT2D eigenvalue weighted by molar-refractivity contribution is 0.830. The number of anilines is 3. The van der Waals surface area contributed by atoms with Gasteiger partial charge >= 0.3 is 0 Å². The van der Waals surface area contributed by atoms with Gasteiger partial charge in [0.25, 0.3) is 0 Å². The van der Waals surface area contributed by atoms with Crippen molar-refractivity contribution in [3.8, 4) is 0 Å². The summed E-state index contributed by atoms with van der Waals surface area (Å²) in [7, 11) is 0. The number of aromatic nitrogens is 1. The third-order valence-corrected chi connectivity index (χ3v) is 6.33. The van der Waals surface area contributed by atoms with Crippen molar-refractivity contribution < 1.29 is 0 Å². The van der Waals surface area contributed by atoms with E-state index in [0.29, 0.717) is 0 Å². The smallest absolute Gasteiger partial charge is 0.130 e. The summed E-state index contributed by atoms with van der Waals surface area (Å²) in [5.41, 5.74) is 4.69. The molecule has 0 radical (unpaired) electrons. The Labute approximate surface area is 183 Å². The molecule has 0 amide bonds. The molecule has 1 atom stereocenters. The van der Waals surface area contributed by atoms with Crippen molar-refractivity contribution >= 4 is 54.5 Å². The van der Waals surface area contributed by atoms with E-state index in [1.165, 1.54) is 27.4 Å². The molecule has 1 aromatic heterocycles. The van der Waals surface area contributed by atoms with Crippen LogP contribution in [0.1, 0.15) is 11.7 Å². The van der Waals surface area contributed by atoms with Gasteiger partial charge in [-0.05, 0) is 46.7 Å². The number of pyridine rings is 1. The average Bonchev–Trinajstić information content (AvgIpc) is 3.21. The molecule has 0 saturated heterocycles. The summed E-state index contributed by atoms with van der Waals surface area (Å²) < 4.78 is 1.08. The summed E-state index contributed by atoms with van der Waals surface area (Å²) in [6.45, 7) is 0. The molecule has 0 bridgehead atoms. The zero-order valence-corrected chi connectivity index (χ0v) is 17.7. The molecule has 30 heavy (non-hydrogen) atoms. The van der Waals surface area contributed by atoms with Crippen molar-refractivity contribution in [1.82, 2.24) is 4.98 Å². The highest BCUT2D eigenvalue weighted by atomic mass is 79.9. The first-order valence-electron chi connectivity index (χ1n) is 9.96. The third kappa shape index (κ3) is 2.61. The lowest BCUT2D eigenvalue weighted by Gasteiger charge is -2.28. The molecule has 2 heterocycles. The summed E-state index contributed by atoms with van der Waals surface area (Å²) in [5.74, 6) is 0. The van der Waals surface area contributed by atoms with E-state index in [-0.39, 0.29) is 6.17 Å². The van der Waals surface area contributed by atoms with E-state index in [0.717, 1.165) is 21.2 Å². The van der Waals surface area contributed by atoms with Crippen molar-refractivity contribution in [1.29, 1.82) is 0 Å². The first-order chi connectivity index (χ1) is 14.8. The van der Waals surface area contributed by atoms with Gasteiger partial charge in [-0.1, -0.05) is 70.5 Å². The Balaban J connectivity index is 1.70. The van der Waals surface area contributed by atoms with Crippen LogP contribution in [0.25, 0.3) is 21.5 Å². The van der Waals surface area contributed by atoms with Gasteiger partial charge in [0.15, 0.2) is 0 Å². The maximum Gasteiger partial charge on any atom is 0.130 e. The summed E-state index contributed by atoms with van der Waals surface area (Å²) >= 11 is 3.57. The van der Waals surface area contributed by atoms with E-state index in [4.69, 9.17) is 0 Å². The van der Waals surface area contributed by atoms with E-state index >= 15 is 0 Å². The molecule has 6 rings (SSSR count). The summed E-state index contributed by atoms with van der Waals surface area (Å²) in [6.07, 6.45) is 3.86. The maximum atomic E-state index is 4.47. The van der Waals surface area contributed by atoms with Gasteiger partial charge in [0.2, 0.25) is 0 Å². The van der Waals surface area contributed by atoms with Crippen LogP contribution < -0.4 is 10.2 Å². The standard InChI is InChI=1S/C26H18BrN3/c27-18-12-10-17(11-13-18)26-29-24-22-9-5-4-8-20(22)21-14-15-28-16-23(21)25(24)30(26)19-6-2-1-3-7-19/h1-16,26,29H. The second-order valence-corrected chi connectivity index (χ2v) is 8.41. The Morgan fingerprint density at radius 1 is 0.733 bits per heavy atom. The third-order valence-electron chi connectivity index (χ3n) is 5.80. The number of nitrogens with one attached hydrogen (secondary N) is 1. The zero-order chi connectivity index (χ0) is 20.1. The topological polar surface area (TPSA) is 28.2 Å². The fraction of sp³-hybridized carbons (Fsp3) is 0.0385. The SMILES string of the molecule is Brc1ccc(C2Nc3c(c4cnccc4c4ccccc34)N2c2ccccc2)cc1. The van der Waals surface area contributed by atoms with Gasteiger partial charge in [-0.25, -0.2) is 0 Å². The van der Waals surface area contributed by atoms with Gasteiger partial charge in [0.1, 0.15) is 6.17 Å². The number of nitrogens with zero attached hydrogens (tertiary/aromatic N) is 2. The molecule has 0 aliphatic carbocycles. The fourth-order valence-electron chi connectivity index (χ4n) is 4.49. The second-order valence-electron chi connectivity index (χ2n) is 7.49. The number of para-hydroxylation sites is 1. The number of rotatable bonds is 2. The Hall–Kier alpha value is -3.37. The molecule has 1 aliphatic rings. The van der Waals surface area contributed by atoms with Crippen molar-refractivity contribution in [3.63, 3.8) is 0 Å². The van der Waals surface area contributed by atoms with Gasteiger partial charge in [-0.15, -0.1) is 0 Å².